The zero-order valence-electron chi connectivity index (χ0n) is 21.5. The molecule has 3 aliphatic rings. The highest BCUT2D eigenvalue weighted by Crippen LogP contribution is 2.34. The molecule has 0 radical (unpaired) electrons. The van der Waals surface area contributed by atoms with Crippen LogP contribution < -0.4 is 10.2 Å². The molecule has 2 aromatic heterocycles. The highest BCUT2D eigenvalue weighted by atomic mass is 32.1. The fraction of sp³-hybridized carbons (Fsp3) is 0.536. The van der Waals surface area contributed by atoms with Crippen LogP contribution in [0.25, 0.3) is 0 Å². The van der Waals surface area contributed by atoms with Crippen LogP contribution in [0.5, 0.6) is 0 Å². The van der Waals surface area contributed by atoms with E-state index in [0.29, 0.717) is 13.0 Å². The number of thiophene rings is 1. The van der Waals surface area contributed by atoms with Crippen LogP contribution in [0.1, 0.15) is 62.6 Å². The Bertz CT molecular complexity index is 1160. The molecule has 1 atom stereocenters. The molecule has 1 aliphatic carbocycles. The molecule has 2 N–H and O–H groups in total. The summed E-state index contributed by atoms with van der Waals surface area (Å²) in [4.78, 5) is 28.0. The summed E-state index contributed by atoms with van der Waals surface area (Å²) in [5.74, 6) is 0.979. The van der Waals surface area contributed by atoms with Gasteiger partial charge in [0.15, 0.2) is 0 Å². The van der Waals surface area contributed by atoms with Crippen molar-refractivity contribution in [1.29, 1.82) is 0 Å². The van der Waals surface area contributed by atoms with Crippen LogP contribution >= 0.6 is 11.3 Å². The van der Waals surface area contributed by atoms with Gasteiger partial charge in [-0.3, -0.25) is 0 Å². The molecule has 1 saturated heterocycles. The smallest absolute Gasteiger partial charge is 0.322 e. The number of urea groups is 1. The van der Waals surface area contributed by atoms with Crippen LogP contribution in [0, 0.1) is 0 Å². The minimum absolute atomic E-state index is 0.0164. The van der Waals surface area contributed by atoms with Crippen LogP contribution in [0.2, 0.25) is 0 Å². The maximum Gasteiger partial charge on any atom is 0.322 e. The number of carbonyl (C=O) groups is 1. The molecule has 4 heterocycles. The third-order valence-corrected chi connectivity index (χ3v) is 8.90. The quantitative estimate of drug-likeness (QED) is 0.598. The minimum atomic E-state index is -0.447. The van der Waals surface area contributed by atoms with Gasteiger partial charge in [-0.2, -0.15) is 0 Å². The third kappa shape index (κ3) is 5.20. The van der Waals surface area contributed by atoms with Crippen LogP contribution in [-0.4, -0.2) is 57.8 Å². The summed E-state index contributed by atoms with van der Waals surface area (Å²) in [5.41, 5.74) is 4.52. The van der Waals surface area contributed by atoms with Gasteiger partial charge in [-0.05, 0) is 66.2 Å². The summed E-state index contributed by atoms with van der Waals surface area (Å²) in [6, 6.07) is 4.60. The fourth-order valence-corrected chi connectivity index (χ4v) is 6.85. The van der Waals surface area contributed by atoms with Crippen molar-refractivity contribution in [3.63, 3.8) is 0 Å². The van der Waals surface area contributed by atoms with Gasteiger partial charge in [-0.15, -0.1) is 11.3 Å². The van der Waals surface area contributed by atoms with Crippen molar-refractivity contribution in [3.05, 3.63) is 63.4 Å². The Morgan fingerprint density at radius 1 is 1.22 bits per heavy atom. The standard InChI is InChI=1S/C28H37N5O2S/c1-4-25-23(10-14-36-25)28(2,3)17-20-16-26(30-18-29-20)32-11-8-21(9-12-32)33-13-7-19-15-22(34)5-6-24(19)31-27(33)35/h5-6,10,14,16,18,21-22,34H,4,7-9,11-13,15,17H2,1-3H3,(H,31,35). The number of piperidine rings is 1. The lowest BCUT2D eigenvalue weighted by atomic mass is 9.80. The highest BCUT2D eigenvalue weighted by Gasteiger charge is 2.32. The van der Waals surface area contributed by atoms with Crippen molar-refractivity contribution in [2.75, 3.05) is 24.5 Å². The third-order valence-electron chi connectivity index (χ3n) is 7.84. The van der Waals surface area contributed by atoms with E-state index in [0.717, 1.165) is 68.0 Å². The molecular weight excluding hydrogens is 470 g/mol. The molecule has 8 heteroatoms. The number of aromatic nitrogens is 2. The molecule has 0 aromatic carbocycles. The van der Waals surface area contributed by atoms with Gasteiger partial charge in [-0.1, -0.05) is 26.8 Å². The average molecular weight is 508 g/mol. The SMILES string of the molecule is CCc1sccc1C(C)(C)Cc1cc(N2CCC(N3CCC4=C(C=CC(O)C4)NC3=O)CC2)ncn1. The number of amides is 2. The first kappa shape index (κ1) is 25.0. The van der Waals surface area contributed by atoms with E-state index in [4.69, 9.17) is 0 Å². The molecule has 2 aromatic rings. The lowest BCUT2D eigenvalue weighted by molar-refractivity contribution is 0.167. The van der Waals surface area contributed by atoms with Gasteiger partial charge < -0.3 is 20.2 Å². The Hall–Kier alpha value is -2.71. The second-order valence-corrected chi connectivity index (χ2v) is 11.8. The summed E-state index contributed by atoms with van der Waals surface area (Å²) in [6.07, 6.45) is 10.0. The number of nitrogens with one attached hydrogen (secondary N) is 1. The number of hydrogen-bond donors (Lipinski definition) is 2. The maximum atomic E-state index is 13.0. The molecule has 1 fully saturated rings. The zero-order chi connectivity index (χ0) is 25.3. The zero-order valence-corrected chi connectivity index (χ0v) is 22.4. The second-order valence-electron chi connectivity index (χ2n) is 10.8. The topological polar surface area (TPSA) is 81.6 Å². The fourth-order valence-electron chi connectivity index (χ4n) is 5.84. The van der Waals surface area contributed by atoms with E-state index < -0.39 is 6.10 Å². The number of nitrogens with zero attached hydrogens (tertiary/aromatic N) is 4. The molecule has 2 aliphatic heterocycles. The Balaban J connectivity index is 1.21. The van der Waals surface area contributed by atoms with Gasteiger partial charge in [0.2, 0.25) is 0 Å². The summed E-state index contributed by atoms with van der Waals surface area (Å²) in [5, 5.41) is 15.2. The first-order chi connectivity index (χ1) is 17.3. The van der Waals surface area contributed by atoms with Crippen LogP contribution in [0.4, 0.5) is 10.6 Å². The Kier molecular flexibility index (Phi) is 7.17. The molecule has 0 spiro atoms. The monoisotopic (exact) mass is 507 g/mol. The van der Waals surface area contributed by atoms with E-state index in [9.17, 15) is 9.90 Å². The summed E-state index contributed by atoms with van der Waals surface area (Å²) < 4.78 is 0. The normalized spacial score (nSPS) is 21.4. The van der Waals surface area contributed by atoms with Gasteiger partial charge in [-0.25, -0.2) is 14.8 Å². The van der Waals surface area contributed by atoms with Gasteiger partial charge in [0.25, 0.3) is 0 Å². The Morgan fingerprint density at radius 2 is 2.03 bits per heavy atom. The number of hydrogen-bond acceptors (Lipinski definition) is 6. The van der Waals surface area contributed by atoms with Crippen molar-refractivity contribution in [2.24, 2.45) is 0 Å². The lowest BCUT2D eigenvalue weighted by Crippen LogP contribution is -2.50. The van der Waals surface area contributed by atoms with Crippen molar-refractivity contribution in [1.82, 2.24) is 20.2 Å². The first-order valence-electron chi connectivity index (χ1n) is 13.1. The van der Waals surface area contributed by atoms with Crippen molar-refractivity contribution in [3.8, 4) is 0 Å². The highest BCUT2D eigenvalue weighted by molar-refractivity contribution is 7.10. The Morgan fingerprint density at radius 3 is 2.81 bits per heavy atom. The number of carbonyl (C=O) groups excluding carboxylic acids is 1. The minimum Gasteiger partial charge on any atom is -0.389 e. The van der Waals surface area contributed by atoms with Gasteiger partial charge in [0.1, 0.15) is 12.1 Å². The lowest BCUT2D eigenvalue weighted by Gasteiger charge is -2.38. The summed E-state index contributed by atoms with van der Waals surface area (Å²) in [6.45, 7) is 9.26. The summed E-state index contributed by atoms with van der Waals surface area (Å²) >= 11 is 1.84. The Labute approximate surface area is 217 Å². The van der Waals surface area contributed by atoms with Gasteiger partial charge in [0, 0.05) is 54.4 Å². The number of anilines is 1. The van der Waals surface area contributed by atoms with Crippen LogP contribution in [-0.2, 0) is 18.3 Å². The van der Waals surface area contributed by atoms with E-state index in [1.54, 1.807) is 12.4 Å². The molecule has 7 nitrogen and oxygen atoms in total. The van der Waals surface area contributed by atoms with Crippen LogP contribution in [0.15, 0.2) is 47.3 Å². The van der Waals surface area contributed by atoms with Crippen molar-refractivity contribution >= 4 is 23.2 Å². The predicted octanol–water partition coefficient (Wildman–Crippen LogP) is 4.58. The number of aliphatic hydroxyl groups excluding tert-OH is 1. The number of aryl methyl sites for hydroxylation is 1. The number of aliphatic hydroxyl groups is 1. The van der Waals surface area contributed by atoms with Crippen molar-refractivity contribution < 1.29 is 9.90 Å². The largest absolute Gasteiger partial charge is 0.389 e. The molecule has 192 valence electrons. The maximum absolute atomic E-state index is 13.0. The molecule has 5 rings (SSSR count). The molecule has 0 saturated carbocycles. The second kappa shape index (κ2) is 10.3. The van der Waals surface area contributed by atoms with Crippen LogP contribution in [0.3, 0.4) is 0 Å². The number of rotatable bonds is 6. The molecule has 0 bridgehead atoms. The van der Waals surface area contributed by atoms with Crippen molar-refractivity contribution in [2.45, 2.75) is 76.9 Å². The molecular formula is C28H37N5O2S. The molecule has 2 amide bonds. The van der Waals surface area contributed by atoms with E-state index in [1.165, 1.54) is 10.4 Å². The first-order valence-corrected chi connectivity index (χ1v) is 14.0. The predicted molar refractivity (Wildman–Crippen MR) is 144 cm³/mol. The number of allylic oxidation sites excluding steroid dienone is 1. The van der Waals surface area contributed by atoms with E-state index >= 15 is 0 Å². The van der Waals surface area contributed by atoms with E-state index in [2.05, 4.69) is 58.5 Å². The van der Waals surface area contributed by atoms with E-state index in [1.807, 2.05) is 22.3 Å². The average Bonchev–Trinajstić information content (AvgIpc) is 3.30. The summed E-state index contributed by atoms with van der Waals surface area (Å²) in [7, 11) is 0. The van der Waals surface area contributed by atoms with Gasteiger partial charge >= 0.3 is 6.03 Å². The molecule has 36 heavy (non-hydrogen) atoms. The van der Waals surface area contributed by atoms with E-state index in [-0.39, 0.29) is 17.5 Å². The van der Waals surface area contributed by atoms with Gasteiger partial charge in [0.05, 0.1) is 6.10 Å². The molecule has 1 unspecified atom stereocenters.